The quantitative estimate of drug-likeness (QED) is 0.347. The molecular formula is C29H29N3O4. The van der Waals surface area contributed by atoms with E-state index in [1.165, 1.54) is 0 Å². The van der Waals surface area contributed by atoms with Gasteiger partial charge in [-0.3, -0.25) is 14.5 Å². The Hall–Kier alpha value is -4.10. The lowest BCUT2D eigenvalue weighted by molar-refractivity contribution is -0.143. The van der Waals surface area contributed by atoms with E-state index in [0.29, 0.717) is 38.3 Å². The van der Waals surface area contributed by atoms with Gasteiger partial charge in [-0.25, -0.2) is 0 Å². The van der Waals surface area contributed by atoms with Crippen molar-refractivity contribution in [3.8, 4) is 5.75 Å². The molecule has 5 rings (SSSR count). The number of aliphatic carboxylic acids is 1. The predicted molar refractivity (Wildman–Crippen MR) is 140 cm³/mol. The van der Waals surface area contributed by atoms with Crippen LogP contribution >= 0.6 is 0 Å². The van der Waals surface area contributed by atoms with Crippen LogP contribution in [0.2, 0.25) is 0 Å². The maximum atomic E-state index is 12.4. The Labute approximate surface area is 209 Å². The highest BCUT2D eigenvalue weighted by Gasteiger charge is 2.32. The third-order valence-electron chi connectivity index (χ3n) is 6.78. The number of aromatic amines is 1. The summed E-state index contributed by atoms with van der Waals surface area (Å²) < 4.78 is 5.94. The van der Waals surface area contributed by atoms with Crippen LogP contribution in [0.1, 0.15) is 34.5 Å². The van der Waals surface area contributed by atoms with Crippen LogP contribution in [0.3, 0.4) is 0 Å². The molecule has 7 nitrogen and oxygen atoms in total. The van der Waals surface area contributed by atoms with Crippen LogP contribution in [0.15, 0.2) is 79.0 Å². The van der Waals surface area contributed by atoms with Crippen molar-refractivity contribution in [2.75, 3.05) is 31.1 Å². The number of nitrogens with one attached hydrogen (secondary N) is 1. The van der Waals surface area contributed by atoms with E-state index >= 15 is 0 Å². The molecule has 1 aromatic heterocycles. The molecule has 1 saturated heterocycles. The van der Waals surface area contributed by atoms with Gasteiger partial charge in [-0.1, -0.05) is 30.3 Å². The Morgan fingerprint density at radius 2 is 1.69 bits per heavy atom. The number of piperazine rings is 1. The number of rotatable bonds is 8. The van der Waals surface area contributed by atoms with Gasteiger partial charge in [0.15, 0.2) is 5.78 Å². The molecule has 36 heavy (non-hydrogen) atoms. The van der Waals surface area contributed by atoms with Crippen LogP contribution in [0, 0.1) is 0 Å². The number of ketones is 1. The van der Waals surface area contributed by atoms with E-state index in [1.54, 1.807) is 13.1 Å². The van der Waals surface area contributed by atoms with E-state index in [0.717, 1.165) is 33.5 Å². The summed E-state index contributed by atoms with van der Waals surface area (Å²) in [5, 5.41) is 11.0. The number of carboxylic acids is 1. The van der Waals surface area contributed by atoms with Crippen LogP contribution in [0.25, 0.3) is 10.9 Å². The third-order valence-corrected chi connectivity index (χ3v) is 6.78. The summed E-state index contributed by atoms with van der Waals surface area (Å²) in [6, 6.07) is 22.6. The lowest BCUT2D eigenvalue weighted by Gasteiger charge is -2.38. The summed E-state index contributed by atoms with van der Waals surface area (Å²) in [6.45, 7) is 4.70. The van der Waals surface area contributed by atoms with Crippen LogP contribution in [0.5, 0.6) is 5.75 Å². The Balaban J connectivity index is 1.28. The number of nitrogens with zero attached hydrogens (tertiary/aromatic N) is 2. The predicted octanol–water partition coefficient (Wildman–Crippen LogP) is 4.90. The van der Waals surface area contributed by atoms with E-state index in [-0.39, 0.29) is 5.78 Å². The molecule has 0 radical (unpaired) electrons. The molecular weight excluding hydrogens is 454 g/mol. The van der Waals surface area contributed by atoms with Crippen LogP contribution in [-0.4, -0.2) is 52.9 Å². The summed E-state index contributed by atoms with van der Waals surface area (Å²) in [6.07, 6.45) is 1.80. The number of aromatic nitrogens is 1. The van der Waals surface area contributed by atoms with Crippen LogP contribution < -0.4 is 9.64 Å². The molecule has 0 spiro atoms. The second-order valence-corrected chi connectivity index (χ2v) is 9.09. The number of carbonyl (C=O) groups excluding carboxylic acids is 1. The number of fused-ring (bicyclic) bond motifs is 1. The second kappa shape index (κ2) is 10.3. The minimum atomic E-state index is -0.862. The van der Waals surface area contributed by atoms with E-state index in [1.807, 2.05) is 77.7 Å². The highest BCUT2D eigenvalue weighted by atomic mass is 16.5. The van der Waals surface area contributed by atoms with Gasteiger partial charge >= 0.3 is 5.97 Å². The van der Waals surface area contributed by atoms with Gasteiger partial charge in [0.2, 0.25) is 0 Å². The molecule has 0 saturated carbocycles. The van der Waals surface area contributed by atoms with E-state index in [9.17, 15) is 14.7 Å². The Bertz CT molecular complexity index is 1360. The van der Waals surface area contributed by atoms with Crippen molar-refractivity contribution in [3.05, 3.63) is 95.7 Å². The fourth-order valence-electron chi connectivity index (χ4n) is 4.82. The van der Waals surface area contributed by atoms with Crippen molar-refractivity contribution in [3.63, 3.8) is 0 Å². The lowest BCUT2D eigenvalue weighted by atomic mass is 10.0. The van der Waals surface area contributed by atoms with Crippen molar-refractivity contribution in [2.24, 2.45) is 0 Å². The van der Waals surface area contributed by atoms with Gasteiger partial charge in [0.25, 0.3) is 0 Å². The van der Waals surface area contributed by atoms with Crippen molar-refractivity contribution in [1.29, 1.82) is 0 Å². The Morgan fingerprint density at radius 3 is 2.36 bits per heavy atom. The van der Waals surface area contributed by atoms with Gasteiger partial charge < -0.3 is 19.7 Å². The average molecular weight is 484 g/mol. The maximum absolute atomic E-state index is 12.4. The van der Waals surface area contributed by atoms with Gasteiger partial charge in [0.05, 0.1) is 0 Å². The second-order valence-electron chi connectivity index (χ2n) is 9.09. The molecule has 2 N–H and O–H groups in total. The molecule has 3 aromatic carbocycles. The van der Waals surface area contributed by atoms with Gasteiger partial charge in [-0.15, -0.1) is 0 Å². The minimum absolute atomic E-state index is 0.0456. The van der Waals surface area contributed by atoms with Gasteiger partial charge in [0, 0.05) is 66.2 Å². The molecule has 0 bridgehead atoms. The molecule has 1 aliphatic rings. The SMILES string of the molecule is CC(=O)c1ccc(N2CCN([C@@H](C(=O)O)c3c[nH]c4cc(OCc5ccccc5)ccc34)CC2)cc1. The Kier molecular flexibility index (Phi) is 6.73. The number of H-pyrrole nitrogens is 1. The van der Waals surface area contributed by atoms with Gasteiger partial charge in [0.1, 0.15) is 18.4 Å². The number of Topliss-reactive ketones (excluding diaryl/α,β-unsaturated/α-hetero) is 1. The topological polar surface area (TPSA) is 85.9 Å². The first-order chi connectivity index (χ1) is 17.5. The number of anilines is 1. The molecule has 7 heteroatoms. The number of carboxylic acid groups (broad SMARTS) is 1. The van der Waals surface area contributed by atoms with Gasteiger partial charge in [-0.2, -0.15) is 0 Å². The summed E-state index contributed by atoms with van der Waals surface area (Å²) in [5.41, 5.74) is 4.43. The first-order valence-electron chi connectivity index (χ1n) is 12.1. The van der Waals surface area contributed by atoms with Crippen LogP contribution in [-0.2, 0) is 11.4 Å². The number of hydrogen-bond donors (Lipinski definition) is 2. The molecule has 184 valence electrons. The van der Waals surface area contributed by atoms with Crippen molar-refractivity contribution >= 4 is 28.3 Å². The first kappa shape index (κ1) is 23.6. The summed E-state index contributed by atoms with van der Waals surface area (Å²) in [7, 11) is 0. The zero-order valence-corrected chi connectivity index (χ0v) is 20.2. The number of ether oxygens (including phenoxy) is 1. The molecule has 4 aromatic rings. The highest BCUT2D eigenvalue weighted by molar-refractivity contribution is 5.94. The summed E-state index contributed by atoms with van der Waals surface area (Å²) >= 11 is 0. The Morgan fingerprint density at radius 1 is 0.972 bits per heavy atom. The highest BCUT2D eigenvalue weighted by Crippen LogP contribution is 2.32. The molecule has 2 heterocycles. The van der Waals surface area contributed by atoms with Gasteiger partial charge in [-0.05, 0) is 48.9 Å². The summed E-state index contributed by atoms with van der Waals surface area (Å²) in [4.78, 5) is 31.4. The molecule has 0 amide bonds. The minimum Gasteiger partial charge on any atom is -0.489 e. The molecule has 1 atom stereocenters. The van der Waals surface area contributed by atoms with Crippen molar-refractivity contribution in [1.82, 2.24) is 9.88 Å². The van der Waals surface area contributed by atoms with Crippen LogP contribution in [0.4, 0.5) is 5.69 Å². The average Bonchev–Trinajstić information content (AvgIpc) is 3.31. The number of carbonyl (C=O) groups is 2. The molecule has 1 aliphatic heterocycles. The molecule has 1 fully saturated rings. The molecule has 0 aliphatic carbocycles. The standard InChI is InChI=1S/C29H29N3O4/c1-20(33)22-7-9-23(10-8-22)31-13-15-32(16-14-31)28(29(34)35)26-18-30-27-17-24(11-12-25(26)27)36-19-21-5-3-2-4-6-21/h2-12,17-18,28,30H,13-16,19H2,1H3,(H,34,35)/t28-/m1/s1. The normalized spacial score (nSPS) is 15.1. The fourth-order valence-corrected chi connectivity index (χ4v) is 4.82. The summed E-state index contributed by atoms with van der Waals surface area (Å²) in [5.74, 6) is -0.0834. The number of benzene rings is 3. The van der Waals surface area contributed by atoms with E-state index in [2.05, 4.69) is 9.88 Å². The lowest BCUT2D eigenvalue weighted by Crippen LogP contribution is -2.49. The largest absolute Gasteiger partial charge is 0.489 e. The van der Waals surface area contributed by atoms with E-state index in [4.69, 9.17) is 4.74 Å². The first-order valence-corrected chi connectivity index (χ1v) is 12.1. The maximum Gasteiger partial charge on any atom is 0.325 e. The monoisotopic (exact) mass is 483 g/mol. The third kappa shape index (κ3) is 4.97. The zero-order chi connectivity index (χ0) is 25.1. The smallest absolute Gasteiger partial charge is 0.325 e. The van der Waals surface area contributed by atoms with Crippen molar-refractivity contribution < 1.29 is 19.4 Å². The fraction of sp³-hybridized carbons (Fsp3) is 0.241. The van der Waals surface area contributed by atoms with E-state index < -0.39 is 12.0 Å². The van der Waals surface area contributed by atoms with Crippen molar-refractivity contribution in [2.45, 2.75) is 19.6 Å². The molecule has 0 unspecified atom stereocenters. The zero-order valence-electron chi connectivity index (χ0n) is 20.2. The number of hydrogen-bond acceptors (Lipinski definition) is 5.